The van der Waals surface area contributed by atoms with Crippen LogP contribution in [0.25, 0.3) is 0 Å². The molecule has 4 aromatic rings. The number of carbonyl (C=O) groups is 6. The summed E-state index contributed by atoms with van der Waals surface area (Å²) in [6.07, 6.45) is 10.9. The standard InChI is InChI=1S/C66H108Cl2N28O8/c67-53-57(73)91-55(71)51(89-53)61(101)93-65(79)87-29-5-1-13-43-17-21-45(22-18-43)103-41-39-95(37-11-33-83-59(99)47(69)15-3-7-27-85-63(75)76)35-9-31-81-49(97)25-26-50(98)82-32-10-36-96(38-12-34-84-60(100)48(70)16-4-8-28-86-64(77)78)40-42-104-46-23-19-44(20-24-46)14-2-6-30-88-66(80)94-62(102)52-56(72)92-58(74)54(68)90-52/h17-24,47-48H,1-16,25-42,69-70H2,(H,81,97)(H,82,98)(H,83,99)(H,84,100)(H4,71,73,91)(H4,72,74,92)(H4,75,76,85)(H4,77,78,86)(H3,79,87,93,101)(H3,80,88,94,102)/t47-,48-/m1/s1. The fourth-order valence-electron chi connectivity index (χ4n) is 10.1. The van der Waals surface area contributed by atoms with Crippen LogP contribution in [-0.4, -0.2) is 206 Å². The zero-order valence-electron chi connectivity index (χ0n) is 59.2. The highest BCUT2D eigenvalue weighted by Crippen LogP contribution is 2.20. The van der Waals surface area contributed by atoms with Crippen LogP contribution in [0.1, 0.15) is 135 Å². The van der Waals surface area contributed by atoms with Gasteiger partial charge in [-0.2, -0.15) is 0 Å². The van der Waals surface area contributed by atoms with Crippen LogP contribution in [0, 0.1) is 0 Å². The number of aromatic nitrogens is 4. The highest BCUT2D eigenvalue weighted by molar-refractivity contribution is 6.32. The molecule has 2 atom stereocenters. The van der Waals surface area contributed by atoms with E-state index in [1.165, 1.54) is 0 Å². The van der Waals surface area contributed by atoms with E-state index in [4.69, 9.17) is 101 Å². The molecule has 2 heterocycles. The number of carbonyl (C=O) groups excluding carboxylic acids is 6. The highest BCUT2D eigenvalue weighted by atomic mass is 35.5. The smallest absolute Gasteiger partial charge is 0.280 e. The van der Waals surface area contributed by atoms with Gasteiger partial charge in [-0.25, -0.2) is 19.9 Å². The Hall–Kier alpha value is -9.88. The van der Waals surface area contributed by atoms with Gasteiger partial charge in [0, 0.05) is 78.3 Å². The molecule has 2 aromatic carbocycles. The summed E-state index contributed by atoms with van der Waals surface area (Å²) in [5, 5.41) is 16.3. The molecule has 4 rings (SSSR count). The van der Waals surface area contributed by atoms with Gasteiger partial charge in [-0.1, -0.05) is 47.5 Å². The van der Waals surface area contributed by atoms with Crippen molar-refractivity contribution in [1.29, 1.82) is 0 Å². The van der Waals surface area contributed by atoms with Gasteiger partial charge in [-0.3, -0.25) is 69.2 Å². The number of benzene rings is 2. The van der Waals surface area contributed by atoms with Crippen LogP contribution < -0.4 is 110 Å². The van der Waals surface area contributed by atoms with Crippen LogP contribution in [0.2, 0.25) is 10.3 Å². The Morgan fingerprint density at radius 3 is 1.12 bits per heavy atom. The molecule has 0 aliphatic rings. The van der Waals surface area contributed by atoms with Gasteiger partial charge in [0.1, 0.15) is 24.7 Å². The van der Waals surface area contributed by atoms with Gasteiger partial charge in [0.2, 0.25) is 23.6 Å². The molecule has 30 N–H and O–H groups in total. The predicted molar refractivity (Wildman–Crippen MR) is 407 cm³/mol. The normalized spacial score (nSPS) is 12.1. The molecule has 574 valence electrons. The molecule has 0 saturated heterocycles. The summed E-state index contributed by atoms with van der Waals surface area (Å²) in [6.45, 7) is 7.71. The Morgan fingerprint density at radius 1 is 0.423 bits per heavy atom. The molecule has 6 amide bonds. The second-order valence-corrected chi connectivity index (χ2v) is 25.0. The van der Waals surface area contributed by atoms with E-state index < -0.39 is 23.9 Å². The predicted octanol–water partition coefficient (Wildman–Crippen LogP) is -0.554. The largest absolute Gasteiger partial charge is 0.492 e. The summed E-state index contributed by atoms with van der Waals surface area (Å²) in [5.74, 6) is -1.70. The van der Waals surface area contributed by atoms with Crippen molar-refractivity contribution in [3.63, 3.8) is 0 Å². The first kappa shape index (κ1) is 86.5. The number of nitrogens with zero attached hydrogens (tertiary/aromatic N) is 10. The first-order valence-electron chi connectivity index (χ1n) is 34.9. The fraction of sp³-hybridized carbons (Fsp3) is 0.545. The van der Waals surface area contributed by atoms with Crippen molar-refractivity contribution >= 4 is 106 Å². The van der Waals surface area contributed by atoms with Crippen molar-refractivity contribution < 1.29 is 38.2 Å². The third-order valence-corrected chi connectivity index (χ3v) is 16.3. The van der Waals surface area contributed by atoms with E-state index in [1.54, 1.807) is 0 Å². The number of hydrogen-bond donors (Lipinski definition) is 18. The fourth-order valence-corrected chi connectivity index (χ4v) is 10.3. The van der Waals surface area contributed by atoms with Crippen LogP contribution in [0.4, 0.5) is 23.3 Å². The molecule has 38 heteroatoms. The summed E-state index contributed by atoms with van der Waals surface area (Å²) in [7, 11) is 0. The zero-order valence-corrected chi connectivity index (χ0v) is 60.7. The van der Waals surface area contributed by atoms with Crippen molar-refractivity contribution in [1.82, 2.24) is 61.6 Å². The van der Waals surface area contributed by atoms with Crippen molar-refractivity contribution in [3.05, 3.63) is 81.4 Å². The van der Waals surface area contributed by atoms with E-state index in [0.29, 0.717) is 193 Å². The number of anilines is 4. The Morgan fingerprint density at radius 2 is 0.760 bits per heavy atom. The van der Waals surface area contributed by atoms with Gasteiger partial charge in [0.15, 0.2) is 68.8 Å². The lowest BCUT2D eigenvalue weighted by Gasteiger charge is -2.23. The number of aliphatic imine (C=N–C) groups is 4. The number of amides is 6. The quantitative estimate of drug-likeness (QED) is 0.0150. The number of halogens is 2. The summed E-state index contributed by atoms with van der Waals surface area (Å²) in [5.41, 5.74) is 70.2. The molecule has 0 spiro atoms. The minimum absolute atomic E-state index is 0.0173. The SMILES string of the molecule is NC(N)=NCCCC[C@@H](N)C(=O)NCCCN(CCCNC(=O)CCC(=O)NCCCN(CCCNC(=O)[C@H](N)CCCCN=C(N)N)CCOc1ccc(CCCCN=C(N)NC(=O)c2nc(Cl)c(N)nc2N)cc1)CCOc1ccc(CCCCN=C(N)NC(=O)c2nc(Cl)c(N)nc2N)cc1. The van der Waals surface area contributed by atoms with Gasteiger partial charge < -0.3 is 99.5 Å². The summed E-state index contributed by atoms with van der Waals surface area (Å²) < 4.78 is 12.3. The summed E-state index contributed by atoms with van der Waals surface area (Å²) >= 11 is 11.8. The summed E-state index contributed by atoms with van der Waals surface area (Å²) in [4.78, 5) is 113. The second-order valence-electron chi connectivity index (χ2n) is 24.3. The van der Waals surface area contributed by atoms with E-state index in [0.717, 1.165) is 36.8 Å². The monoisotopic (exact) mass is 1490 g/mol. The van der Waals surface area contributed by atoms with Gasteiger partial charge in [-0.05, 0) is 164 Å². The van der Waals surface area contributed by atoms with E-state index in [-0.39, 0.29) is 105 Å². The molecule has 0 radical (unpaired) electrons. The number of ether oxygens (including phenoxy) is 2. The first-order valence-corrected chi connectivity index (χ1v) is 35.6. The third kappa shape index (κ3) is 37.3. The average molecular weight is 1490 g/mol. The van der Waals surface area contributed by atoms with Crippen molar-refractivity contribution in [2.45, 2.75) is 128 Å². The topological polar surface area (TPSA) is 613 Å². The van der Waals surface area contributed by atoms with Crippen molar-refractivity contribution in [2.24, 2.45) is 65.8 Å². The first-order chi connectivity index (χ1) is 49.9. The van der Waals surface area contributed by atoms with Gasteiger partial charge in [0.05, 0.1) is 12.1 Å². The Balaban J connectivity index is 1.19. The van der Waals surface area contributed by atoms with Crippen LogP contribution in [-0.2, 0) is 32.0 Å². The Labute approximate surface area is 617 Å². The number of nitrogens with one attached hydrogen (secondary N) is 6. The van der Waals surface area contributed by atoms with E-state index in [2.05, 4.69) is 81.6 Å². The van der Waals surface area contributed by atoms with Crippen LogP contribution in [0.15, 0.2) is 68.5 Å². The lowest BCUT2D eigenvalue weighted by atomic mass is 10.1. The molecular weight excluding hydrogens is 1380 g/mol. The number of unbranched alkanes of at least 4 members (excludes halogenated alkanes) is 4. The van der Waals surface area contributed by atoms with Gasteiger partial charge in [-0.15, -0.1) is 0 Å². The lowest BCUT2D eigenvalue weighted by molar-refractivity contribution is -0.126. The number of hydrogen-bond acceptors (Lipinski definition) is 24. The number of rotatable bonds is 51. The molecule has 0 aliphatic carbocycles. The zero-order chi connectivity index (χ0) is 76.0. The molecule has 0 aliphatic heterocycles. The number of nitrogen functional groups attached to an aromatic ring is 4. The van der Waals surface area contributed by atoms with E-state index >= 15 is 0 Å². The van der Waals surface area contributed by atoms with Crippen LogP contribution >= 0.6 is 23.2 Å². The minimum Gasteiger partial charge on any atom is -0.492 e. The van der Waals surface area contributed by atoms with E-state index in [1.807, 2.05) is 48.5 Å². The molecule has 2 aromatic heterocycles. The number of aryl methyl sites for hydroxylation is 2. The molecule has 0 unspecified atom stereocenters. The highest BCUT2D eigenvalue weighted by Gasteiger charge is 2.20. The molecule has 0 bridgehead atoms. The molecular formula is C66H108Cl2N28O8. The number of guanidine groups is 4. The minimum atomic E-state index is -0.712. The van der Waals surface area contributed by atoms with Gasteiger partial charge >= 0.3 is 0 Å². The van der Waals surface area contributed by atoms with Crippen molar-refractivity contribution in [3.8, 4) is 11.5 Å². The molecule has 36 nitrogen and oxygen atoms in total. The van der Waals surface area contributed by atoms with E-state index in [9.17, 15) is 28.8 Å². The maximum absolute atomic E-state index is 13.0. The molecule has 0 fully saturated rings. The molecule has 0 saturated carbocycles. The third-order valence-electron chi connectivity index (χ3n) is 15.8. The Kier molecular flexibility index (Phi) is 41.3. The number of nitrogens with two attached hydrogens (primary N) is 12. The second kappa shape index (κ2) is 49.7. The van der Waals surface area contributed by atoms with Crippen LogP contribution in [0.3, 0.4) is 0 Å². The lowest BCUT2D eigenvalue weighted by Crippen LogP contribution is -2.42. The van der Waals surface area contributed by atoms with Crippen LogP contribution in [0.5, 0.6) is 11.5 Å². The van der Waals surface area contributed by atoms with Gasteiger partial charge in [0.25, 0.3) is 11.8 Å². The Bertz CT molecular complexity index is 3200. The average Bonchev–Trinajstić information content (AvgIpc) is 0.841. The maximum Gasteiger partial charge on any atom is 0.280 e. The maximum atomic E-state index is 13.0. The molecule has 104 heavy (non-hydrogen) atoms. The summed E-state index contributed by atoms with van der Waals surface area (Å²) in [6, 6.07) is 14.3. The van der Waals surface area contributed by atoms with Crippen molar-refractivity contribution in [2.75, 3.05) is 128 Å².